The number of benzene rings is 2. The molecule has 190 valence electrons. The number of nitrogens with zero attached hydrogens (tertiary/aromatic N) is 3. The fourth-order valence-electron chi connectivity index (χ4n) is 3.65. The molecule has 2 aromatic heterocycles. The third-order valence-electron chi connectivity index (χ3n) is 5.57. The van der Waals surface area contributed by atoms with Crippen LogP contribution in [0, 0.1) is 6.92 Å². The third-order valence-corrected chi connectivity index (χ3v) is 5.83. The molecule has 2 amide bonds. The molecule has 0 atom stereocenters. The molecule has 2 aromatic carbocycles. The first-order valence-electron chi connectivity index (χ1n) is 11.9. The first kappa shape index (κ1) is 25.8. The quantitative estimate of drug-likeness (QED) is 0.234. The number of carbonyl (C=O) groups excluding carboxylic acids is 2. The van der Waals surface area contributed by atoms with E-state index in [-0.39, 0.29) is 11.8 Å². The molecule has 4 N–H and O–H groups in total. The monoisotopic (exact) mass is 517 g/mol. The normalized spacial score (nSPS) is 10.7. The predicted octanol–water partition coefficient (Wildman–Crippen LogP) is 4.04. The minimum absolute atomic E-state index is 0.0913. The molecule has 0 saturated carbocycles. The zero-order valence-corrected chi connectivity index (χ0v) is 21.4. The van der Waals surface area contributed by atoms with Crippen LogP contribution in [-0.2, 0) is 4.79 Å². The summed E-state index contributed by atoms with van der Waals surface area (Å²) >= 11 is 6.04. The maximum Gasteiger partial charge on any atom is 0.269 e. The van der Waals surface area contributed by atoms with Gasteiger partial charge in [0.15, 0.2) is 5.82 Å². The summed E-state index contributed by atoms with van der Waals surface area (Å²) in [7, 11) is 0. The van der Waals surface area contributed by atoms with E-state index in [2.05, 4.69) is 31.2 Å². The fourth-order valence-corrected chi connectivity index (χ4v) is 3.77. The Morgan fingerprint density at radius 2 is 1.43 bits per heavy atom. The van der Waals surface area contributed by atoms with Gasteiger partial charge >= 0.3 is 0 Å². The lowest BCUT2D eigenvalue weighted by atomic mass is 10.2. The molecular formula is C27H28ClN7O2. The Hall–Kier alpha value is -4.24. The second kappa shape index (κ2) is 12.1. The van der Waals surface area contributed by atoms with E-state index in [4.69, 9.17) is 16.6 Å². The number of aromatic nitrogens is 3. The standard InChI is InChI=1S/C27H28ClN7O2/c1-17-24(30-14-13-29-18(2)36)34-26(20-7-10-21(28)11-8-20)35-25(17)31-15-16-32-27(37)23-12-9-19-5-3-4-6-22(19)33-23/h3-12H,13-16H2,1-2H3,(H,29,36)(H,32,37)(H2,30,31,34,35). The van der Waals surface area contributed by atoms with E-state index >= 15 is 0 Å². The largest absolute Gasteiger partial charge is 0.368 e. The number of nitrogens with one attached hydrogen (secondary N) is 4. The summed E-state index contributed by atoms with van der Waals surface area (Å²) in [6.45, 7) is 5.18. The Bertz CT molecular complexity index is 1410. The van der Waals surface area contributed by atoms with Crippen molar-refractivity contribution < 1.29 is 9.59 Å². The summed E-state index contributed by atoms with van der Waals surface area (Å²) in [4.78, 5) is 37.6. The number of hydrogen-bond acceptors (Lipinski definition) is 7. The first-order chi connectivity index (χ1) is 17.9. The van der Waals surface area contributed by atoms with Crippen LogP contribution in [0.15, 0.2) is 60.7 Å². The van der Waals surface area contributed by atoms with Gasteiger partial charge in [0.25, 0.3) is 5.91 Å². The van der Waals surface area contributed by atoms with Crippen LogP contribution in [0.3, 0.4) is 0 Å². The summed E-state index contributed by atoms with van der Waals surface area (Å²) in [5, 5.41) is 13.8. The van der Waals surface area contributed by atoms with Crippen molar-refractivity contribution in [2.45, 2.75) is 13.8 Å². The molecule has 0 aliphatic heterocycles. The number of fused-ring (bicyclic) bond motifs is 1. The van der Waals surface area contributed by atoms with E-state index in [0.29, 0.717) is 54.4 Å². The highest BCUT2D eigenvalue weighted by Gasteiger charge is 2.13. The van der Waals surface area contributed by atoms with Gasteiger partial charge in [0.2, 0.25) is 5.91 Å². The summed E-state index contributed by atoms with van der Waals surface area (Å²) in [6.07, 6.45) is 0. The van der Waals surface area contributed by atoms with E-state index in [9.17, 15) is 9.59 Å². The summed E-state index contributed by atoms with van der Waals surface area (Å²) in [5.41, 5.74) is 2.78. The zero-order chi connectivity index (χ0) is 26.2. The lowest BCUT2D eigenvalue weighted by molar-refractivity contribution is -0.118. The maximum absolute atomic E-state index is 12.6. The highest BCUT2D eigenvalue weighted by atomic mass is 35.5. The van der Waals surface area contributed by atoms with E-state index in [1.54, 1.807) is 18.2 Å². The van der Waals surface area contributed by atoms with Gasteiger partial charge in [-0.25, -0.2) is 15.0 Å². The molecule has 0 aliphatic rings. The van der Waals surface area contributed by atoms with Gasteiger partial charge in [-0.2, -0.15) is 0 Å². The minimum Gasteiger partial charge on any atom is -0.368 e. The fraction of sp³-hybridized carbons (Fsp3) is 0.222. The Morgan fingerprint density at radius 3 is 2.11 bits per heavy atom. The molecule has 9 nitrogen and oxygen atoms in total. The minimum atomic E-state index is -0.242. The Balaban J connectivity index is 1.43. The highest BCUT2D eigenvalue weighted by Crippen LogP contribution is 2.26. The summed E-state index contributed by atoms with van der Waals surface area (Å²) in [5.74, 6) is 1.48. The third kappa shape index (κ3) is 6.92. The van der Waals surface area contributed by atoms with Crippen LogP contribution in [-0.4, -0.2) is 52.9 Å². The zero-order valence-electron chi connectivity index (χ0n) is 20.6. The molecule has 0 radical (unpaired) electrons. The SMILES string of the molecule is CC(=O)NCCNc1nc(-c2ccc(Cl)cc2)nc(NCCNC(=O)c2ccc3ccccc3n2)c1C. The van der Waals surface area contributed by atoms with Crippen molar-refractivity contribution >= 4 is 46.0 Å². The lowest BCUT2D eigenvalue weighted by Crippen LogP contribution is -2.30. The average molecular weight is 518 g/mol. The topological polar surface area (TPSA) is 121 Å². The van der Waals surface area contributed by atoms with E-state index in [1.165, 1.54) is 6.92 Å². The van der Waals surface area contributed by atoms with Crippen LogP contribution >= 0.6 is 11.6 Å². The van der Waals surface area contributed by atoms with Gasteiger partial charge in [-0.05, 0) is 43.3 Å². The van der Waals surface area contributed by atoms with Crippen molar-refractivity contribution in [1.82, 2.24) is 25.6 Å². The molecule has 2 heterocycles. The van der Waals surface area contributed by atoms with Crippen molar-refractivity contribution in [1.29, 1.82) is 0 Å². The van der Waals surface area contributed by atoms with Crippen LogP contribution in [0.25, 0.3) is 22.3 Å². The number of halogens is 1. The molecule has 0 bridgehead atoms. The number of amides is 2. The van der Waals surface area contributed by atoms with Gasteiger partial charge in [-0.15, -0.1) is 0 Å². The predicted molar refractivity (Wildman–Crippen MR) is 147 cm³/mol. The molecule has 10 heteroatoms. The Kier molecular flexibility index (Phi) is 8.48. The number of hydrogen-bond donors (Lipinski definition) is 4. The molecule has 0 aliphatic carbocycles. The number of para-hydroxylation sites is 1. The average Bonchev–Trinajstić information content (AvgIpc) is 2.90. The first-order valence-corrected chi connectivity index (χ1v) is 12.3. The molecular weight excluding hydrogens is 490 g/mol. The van der Waals surface area contributed by atoms with Crippen LogP contribution in [0.1, 0.15) is 23.0 Å². The van der Waals surface area contributed by atoms with Crippen LogP contribution in [0.5, 0.6) is 0 Å². The van der Waals surface area contributed by atoms with Crippen LogP contribution < -0.4 is 21.3 Å². The van der Waals surface area contributed by atoms with Gasteiger partial charge in [-0.1, -0.05) is 35.9 Å². The van der Waals surface area contributed by atoms with E-state index < -0.39 is 0 Å². The number of pyridine rings is 1. The van der Waals surface area contributed by atoms with Crippen LogP contribution in [0.2, 0.25) is 5.02 Å². The molecule has 0 unspecified atom stereocenters. The molecule has 4 rings (SSSR count). The number of anilines is 2. The van der Waals surface area contributed by atoms with Crippen molar-refractivity contribution in [3.63, 3.8) is 0 Å². The van der Waals surface area contributed by atoms with Crippen molar-refractivity contribution in [3.8, 4) is 11.4 Å². The van der Waals surface area contributed by atoms with Gasteiger partial charge in [0.05, 0.1) is 5.52 Å². The van der Waals surface area contributed by atoms with Gasteiger partial charge in [0, 0.05) is 54.6 Å². The van der Waals surface area contributed by atoms with E-state index in [1.807, 2.05) is 49.4 Å². The Morgan fingerprint density at radius 1 is 0.784 bits per heavy atom. The number of rotatable bonds is 10. The molecule has 0 spiro atoms. The summed E-state index contributed by atoms with van der Waals surface area (Å²) in [6, 6.07) is 18.6. The van der Waals surface area contributed by atoms with Gasteiger partial charge in [-0.3, -0.25) is 9.59 Å². The lowest BCUT2D eigenvalue weighted by Gasteiger charge is -2.16. The molecule has 4 aromatic rings. The highest BCUT2D eigenvalue weighted by molar-refractivity contribution is 6.30. The Labute approximate surface area is 220 Å². The number of carbonyl (C=O) groups is 2. The second-order valence-corrected chi connectivity index (χ2v) is 8.79. The maximum atomic E-state index is 12.6. The van der Waals surface area contributed by atoms with Crippen molar-refractivity contribution in [2.24, 2.45) is 0 Å². The van der Waals surface area contributed by atoms with Gasteiger partial charge in [0.1, 0.15) is 17.3 Å². The molecule has 0 saturated heterocycles. The van der Waals surface area contributed by atoms with Crippen molar-refractivity contribution in [2.75, 3.05) is 36.8 Å². The molecule has 0 fully saturated rings. The smallest absolute Gasteiger partial charge is 0.269 e. The van der Waals surface area contributed by atoms with Gasteiger partial charge < -0.3 is 21.3 Å². The van der Waals surface area contributed by atoms with Crippen molar-refractivity contribution in [3.05, 3.63) is 76.9 Å². The van der Waals surface area contributed by atoms with E-state index in [0.717, 1.165) is 22.0 Å². The molecule has 37 heavy (non-hydrogen) atoms. The summed E-state index contributed by atoms with van der Waals surface area (Å²) < 4.78 is 0. The second-order valence-electron chi connectivity index (χ2n) is 8.36. The van der Waals surface area contributed by atoms with Crippen LogP contribution in [0.4, 0.5) is 11.6 Å².